The Hall–Kier alpha value is 0.160. The smallest absolute Gasteiger partial charge is 0.332 e. The minimum atomic E-state index is -4.93. The summed E-state index contributed by atoms with van der Waals surface area (Å²) < 4.78 is 45.8. The molecule has 0 heterocycles. The lowest BCUT2D eigenvalue weighted by Gasteiger charge is -2.17. The zero-order chi connectivity index (χ0) is 7.71. The summed E-state index contributed by atoms with van der Waals surface area (Å²) in [7, 11) is 0. The molecule has 0 atom stereocenters. The van der Waals surface area contributed by atoms with E-state index in [1.807, 2.05) is 0 Å². The van der Waals surface area contributed by atoms with Crippen LogP contribution in [0.4, 0.5) is 17.6 Å². The molecule has 0 radical (unpaired) electrons. The standard InChI is InChI=1S/C3H3BrF4O/c4-1-2(5,6)3(7,8)9/h9H,1H2. The second-order valence-electron chi connectivity index (χ2n) is 1.38. The Labute approximate surface area is 56.8 Å². The Morgan fingerprint density at radius 3 is 1.56 bits per heavy atom. The van der Waals surface area contributed by atoms with Crippen molar-refractivity contribution < 1.29 is 22.7 Å². The van der Waals surface area contributed by atoms with Crippen LogP contribution in [-0.2, 0) is 0 Å². The molecule has 0 saturated heterocycles. The quantitative estimate of drug-likeness (QED) is 0.543. The summed E-state index contributed by atoms with van der Waals surface area (Å²) in [5.41, 5.74) is 0. The van der Waals surface area contributed by atoms with Crippen LogP contribution in [0.3, 0.4) is 0 Å². The molecule has 1 N–H and O–H groups in total. The summed E-state index contributed by atoms with van der Waals surface area (Å²) in [6, 6.07) is 0. The summed E-state index contributed by atoms with van der Waals surface area (Å²) in [6.45, 7) is 0. The van der Waals surface area contributed by atoms with Gasteiger partial charge in [0.1, 0.15) is 0 Å². The summed E-state index contributed by atoms with van der Waals surface area (Å²) in [5, 5.41) is 6.17. The van der Waals surface area contributed by atoms with Crippen LogP contribution in [0.1, 0.15) is 0 Å². The molecule has 6 heteroatoms. The fraction of sp³-hybridized carbons (Fsp3) is 1.00. The van der Waals surface area contributed by atoms with Gasteiger partial charge in [0.25, 0.3) is 0 Å². The normalized spacial score (nSPS) is 14.0. The van der Waals surface area contributed by atoms with Crippen molar-refractivity contribution in [2.24, 2.45) is 0 Å². The number of halogens is 5. The molecule has 0 aromatic carbocycles. The molecule has 0 aliphatic rings. The Morgan fingerprint density at radius 2 is 1.56 bits per heavy atom. The Balaban J connectivity index is 4.14. The summed E-state index contributed by atoms with van der Waals surface area (Å²) in [4.78, 5) is 0. The molecule has 1 nitrogen and oxygen atoms in total. The minimum Gasteiger partial charge on any atom is -0.332 e. The average molecular weight is 211 g/mol. The number of rotatable bonds is 2. The van der Waals surface area contributed by atoms with Gasteiger partial charge in [-0.05, 0) is 0 Å². The maximum Gasteiger partial charge on any atom is 0.417 e. The van der Waals surface area contributed by atoms with Crippen LogP contribution in [-0.4, -0.2) is 22.5 Å². The third kappa shape index (κ3) is 2.09. The number of hydrogen-bond donors (Lipinski definition) is 1. The second-order valence-corrected chi connectivity index (χ2v) is 1.94. The Bertz CT molecular complexity index is 98.5. The molecule has 0 fully saturated rings. The van der Waals surface area contributed by atoms with E-state index >= 15 is 0 Å². The summed E-state index contributed by atoms with van der Waals surface area (Å²) in [6.07, 6.45) is -4.93. The molecule has 0 aromatic heterocycles. The van der Waals surface area contributed by atoms with Crippen LogP contribution in [0.5, 0.6) is 0 Å². The molecule has 0 spiro atoms. The third-order valence-electron chi connectivity index (χ3n) is 0.608. The zero-order valence-electron chi connectivity index (χ0n) is 4.04. The van der Waals surface area contributed by atoms with Gasteiger partial charge in [0, 0.05) is 0 Å². The molecule has 0 aromatic rings. The van der Waals surface area contributed by atoms with Crippen LogP contribution in [0, 0.1) is 0 Å². The fourth-order valence-electron chi connectivity index (χ4n) is 0.0804. The predicted octanol–water partition coefficient (Wildman–Crippen LogP) is 1.60. The highest BCUT2D eigenvalue weighted by Crippen LogP contribution is 2.32. The van der Waals surface area contributed by atoms with Crippen molar-refractivity contribution in [3.8, 4) is 0 Å². The lowest BCUT2D eigenvalue weighted by Crippen LogP contribution is -2.41. The lowest BCUT2D eigenvalue weighted by atomic mass is 10.4. The molecule has 0 saturated carbocycles. The van der Waals surface area contributed by atoms with E-state index in [0.717, 1.165) is 0 Å². The third-order valence-corrected chi connectivity index (χ3v) is 1.31. The highest BCUT2D eigenvalue weighted by molar-refractivity contribution is 9.09. The SMILES string of the molecule is OC(F)(F)C(F)(F)CBr. The van der Waals surface area contributed by atoms with Gasteiger partial charge in [-0.1, -0.05) is 15.9 Å². The van der Waals surface area contributed by atoms with Gasteiger partial charge in [-0.3, -0.25) is 0 Å². The monoisotopic (exact) mass is 210 g/mol. The van der Waals surface area contributed by atoms with Gasteiger partial charge in [0.05, 0.1) is 5.33 Å². The lowest BCUT2D eigenvalue weighted by molar-refractivity contribution is -0.315. The van der Waals surface area contributed by atoms with Gasteiger partial charge in [-0.15, -0.1) is 0 Å². The van der Waals surface area contributed by atoms with E-state index in [4.69, 9.17) is 5.11 Å². The van der Waals surface area contributed by atoms with Crippen molar-refractivity contribution in [3.05, 3.63) is 0 Å². The first kappa shape index (κ1) is 9.16. The van der Waals surface area contributed by atoms with E-state index in [1.165, 1.54) is 0 Å². The molecular weight excluding hydrogens is 208 g/mol. The molecule has 0 unspecified atom stereocenters. The van der Waals surface area contributed by atoms with Crippen molar-refractivity contribution in [1.29, 1.82) is 0 Å². The highest BCUT2D eigenvalue weighted by atomic mass is 79.9. The molecule has 0 aliphatic heterocycles. The number of aliphatic hydroxyl groups is 1. The molecule has 0 rings (SSSR count). The molecule has 56 valence electrons. The molecular formula is C3H3BrF4O. The first-order valence-corrected chi connectivity index (χ1v) is 2.97. The van der Waals surface area contributed by atoms with Crippen LogP contribution in [0.25, 0.3) is 0 Å². The van der Waals surface area contributed by atoms with E-state index < -0.39 is 17.4 Å². The van der Waals surface area contributed by atoms with Crippen LogP contribution in [0.15, 0.2) is 0 Å². The van der Waals surface area contributed by atoms with Gasteiger partial charge >= 0.3 is 12.0 Å². The van der Waals surface area contributed by atoms with Crippen molar-refractivity contribution >= 4 is 15.9 Å². The van der Waals surface area contributed by atoms with Gasteiger partial charge in [0.2, 0.25) is 0 Å². The van der Waals surface area contributed by atoms with Gasteiger partial charge in [0.15, 0.2) is 0 Å². The van der Waals surface area contributed by atoms with Crippen molar-refractivity contribution in [1.82, 2.24) is 0 Å². The molecule has 0 bridgehead atoms. The Morgan fingerprint density at radius 1 is 1.22 bits per heavy atom. The van der Waals surface area contributed by atoms with E-state index in [9.17, 15) is 17.6 Å². The van der Waals surface area contributed by atoms with E-state index in [-0.39, 0.29) is 0 Å². The first-order chi connectivity index (χ1) is 3.81. The topological polar surface area (TPSA) is 20.2 Å². The fourth-order valence-corrected chi connectivity index (χ4v) is 0.418. The maximum atomic E-state index is 11.6. The predicted molar refractivity (Wildman–Crippen MR) is 25.9 cm³/mol. The number of hydrogen-bond acceptors (Lipinski definition) is 1. The van der Waals surface area contributed by atoms with Gasteiger partial charge < -0.3 is 5.11 Å². The summed E-state index contributed by atoms with van der Waals surface area (Å²) >= 11 is 2.12. The summed E-state index contributed by atoms with van der Waals surface area (Å²) in [5.74, 6) is -4.38. The zero-order valence-corrected chi connectivity index (χ0v) is 5.63. The Kier molecular flexibility index (Phi) is 2.46. The molecule has 9 heavy (non-hydrogen) atoms. The van der Waals surface area contributed by atoms with E-state index in [1.54, 1.807) is 0 Å². The molecule has 0 aliphatic carbocycles. The highest BCUT2D eigenvalue weighted by Gasteiger charge is 2.54. The second kappa shape index (κ2) is 2.42. The average Bonchev–Trinajstić information content (AvgIpc) is 1.64. The van der Waals surface area contributed by atoms with Crippen LogP contribution >= 0.6 is 15.9 Å². The molecule has 0 amide bonds. The van der Waals surface area contributed by atoms with Crippen molar-refractivity contribution in [2.75, 3.05) is 5.33 Å². The largest absolute Gasteiger partial charge is 0.417 e. The van der Waals surface area contributed by atoms with Crippen molar-refractivity contribution in [2.45, 2.75) is 12.0 Å². The van der Waals surface area contributed by atoms with Crippen molar-refractivity contribution in [3.63, 3.8) is 0 Å². The van der Waals surface area contributed by atoms with Crippen LogP contribution < -0.4 is 0 Å². The first-order valence-electron chi connectivity index (χ1n) is 1.85. The van der Waals surface area contributed by atoms with E-state index in [2.05, 4.69) is 15.9 Å². The van der Waals surface area contributed by atoms with E-state index in [0.29, 0.717) is 0 Å². The van der Waals surface area contributed by atoms with Gasteiger partial charge in [-0.25, -0.2) is 0 Å². The minimum absolute atomic E-state index is 1.26. The number of alkyl halides is 5. The maximum absolute atomic E-state index is 11.6. The van der Waals surface area contributed by atoms with Crippen LogP contribution in [0.2, 0.25) is 0 Å². The van der Waals surface area contributed by atoms with Gasteiger partial charge in [-0.2, -0.15) is 17.6 Å².